The minimum Gasteiger partial charge on any atom is -0.309 e. The molecule has 25 rings (SSSR count). The van der Waals surface area contributed by atoms with Crippen LogP contribution in [0.1, 0.15) is 5.69 Å². The number of aromatic nitrogens is 8. The van der Waals surface area contributed by atoms with Gasteiger partial charge in [-0.25, -0.2) is 15.0 Å². The number of thiophene rings is 4. The summed E-state index contributed by atoms with van der Waals surface area (Å²) in [4.78, 5) is 23.3. The zero-order valence-corrected chi connectivity index (χ0v) is 69.0. The molecule has 0 aliphatic rings. The number of hydrogen-bond acceptors (Lipinski definition) is 9. The van der Waals surface area contributed by atoms with Gasteiger partial charge in [0.15, 0.2) is 0 Å². The Labute approximate surface area is 717 Å². The molecule has 576 valence electrons. The number of pyridine rings is 4. The highest BCUT2D eigenvalue weighted by atomic mass is 32.1. The van der Waals surface area contributed by atoms with Crippen LogP contribution in [-0.2, 0) is 0 Å². The number of hydrogen-bond donors (Lipinski definition) is 0. The van der Waals surface area contributed by atoms with Gasteiger partial charge in [-0.05, 0) is 203 Å². The van der Waals surface area contributed by atoms with Crippen molar-refractivity contribution < 1.29 is 0 Å². The van der Waals surface area contributed by atoms with Crippen LogP contribution in [-0.4, -0.2) is 44.4 Å². The molecule has 0 saturated heterocycles. The summed E-state index contributed by atoms with van der Waals surface area (Å²) in [6, 6.07) is 123. The molecule has 0 atom stereocenters. The van der Waals surface area contributed by atoms with Gasteiger partial charge in [0.1, 0.15) is 17.5 Å². The third-order valence-corrected chi connectivity index (χ3v) is 26.8. The Morgan fingerprint density at radius 3 is 1.22 bits per heavy atom. The van der Waals surface area contributed by atoms with Gasteiger partial charge in [0.05, 0.1) is 49.8 Å². The summed E-state index contributed by atoms with van der Waals surface area (Å²) in [6.07, 6.45) is 14.6. The Morgan fingerprint density at radius 1 is 0.295 bits per heavy atom. The van der Waals surface area contributed by atoms with E-state index in [9.17, 15) is 0 Å². The van der Waals surface area contributed by atoms with Crippen molar-refractivity contribution in [3.63, 3.8) is 0 Å². The second-order valence-corrected chi connectivity index (χ2v) is 33.6. The molecule has 0 aliphatic heterocycles. The van der Waals surface area contributed by atoms with Gasteiger partial charge in [0, 0.05) is 121 Å². The molecule has 0 N–H and O–H groups in total. The van der Waals surface area contributed by atoms with Crippen molar-refractivity contribution in [1.29, 1.82) is 0 Å². The predicted molar refractivity (Wildman–Crippen MR) is 523 cm³/mol. The Bertz CT molecular complexity index is 8350. The van der Waals surface area contributed by atoms with E-state index >= 15 is 0 Å². The molecule has 13 aromatic carbocycles. The lowest BCUT2D eigenvalue weighted by molar-refractivity contribution is 1.07. The first-order valence-corrected chi connectivity index (χ1v) is 44.0. The van der Waals surface area contributed by atoms with E-state index < -0.39 is 0 Å². The summed E-state index contributed by atoms with van der Waals surface area (Å²) in [7, 11) is 0. The van der Waals surface area contributed by atoms with Crippen molar-refractivity contribution in [1.82, 2.24) is 38.2 Å². The zero-order valence-electron chi connectivity index (χ0n) is 65.7. The van der Waals surface area contributed by atoms with Crippen molar-refractivity contribution in [2.75, 3.05) is 0 Å². The molecule has 0 aliphatic carbocycles. The number of para-hydroxylation sites is 4. The van der Waals surface area contributed by atoms with Crippen molar-refractivity contribution in [3.05, 3.63) is 417 Å². The molecule has 0 saturated carbocycles. The van der Waals surface area contributed by atoms with E-state index in [-0.39, 0.29) is 0 Å². The van der Waals surface area contributed by atoms with Crippen LogP contribution < -0.4 is 0 Å². The number of rotatable bonds is 11. The number of fused-ring (bicyclic) bond motifs is 21. The number of aliphatic imine (C=N–C) groups is 1. The van der Waals surface area contributed by atoms with Crippen LogP contribution in [0.3, 0.4) is 0 Å². The molecule has 9 nitrogen and oxygen atoms in total. The molecule has 0 spiro atoms. The maximum absolute atomic E-state index is 5.06. The Hall–Kier alpha value is -15.1. The molecule has 0 bridgehead atoms. The Balaban J connectivity index is 0.0000000975. The monoisotopic (exact) mass is 1630 g/mol. The quantitative estimate of drug-likeness (QED) is 0.121. The standard InChI is InChI=1S/C30H21N3S.C29H18N2S.C26H17NS.C24H15N3S/c1-2-16-31-17-14-24-19-23(21-8-4-3-5-9-21)20-28(32-24)33-26-11-7-6-10-25(26)29-27(33)13-12-22-15-18-34-30(22)29;1-2-8-19(9-3-1)24-18-30-29(22-11-5-4-10-21(22)24)31-25-13-7-6-12-23(25)27-26(31)15-14-20-16-17-32-28(20)27;1-2-6-18(7-3-1)19-10-13-21(14-11-19)27-23-9-5-4-8-22(23)25-24(27)15-12-20-16-17-28-26(20)25;1-2-6-20-19(5-1)23-21(8-7-16-10-13-28-24(16)23)27(20)22-14-17(9-12-26-22)18-4-3-11-25-15-18/h2-20H,1H2;1-18H;1-17H;1-15H/b17-14+,31-16?;;;. The lowest BCUT2D eigenvalue weighted by Gasteiger charge is -2.13. The topological polar surface area (TPSA) is 83.6 Å². The highest BCUT2D eigenvalue weighted by Crippen LogP contribution is 2.46. The first-order valence-electron chi connectivity index (χ1n) is 40.5. The van der Waals surface area contributed by atoms with Gasteiger partial charge < -0.3 is 4.57 Å². The third-order valence-electron chi connectivity index (χ3n) is 23.0. The van der Waals surface area contributed by atoms with Gasteiger partial charge >= 0.3 is 0 Å². The van der Waals surface area contributed by atoms with Gasteiger partial charge in [0.25, 0.3) is 0 Å². The van der Waals surface area contributed by atoms with Gasteiger partial charge in [0.2, 0.25) is 0 Å². The van der Waals surface area contributed by atoms with Gasteiger partial charge in [-0.2, -0.15) is 0 Å². The van der Waals surface area contributed by atoms with Crippen LogP contribution in [0.25, 0.3) is 212 Å². The van der Waals surface area contributed by atoms with Crippen LogP contribution >= 0.6 is 45.3 Å². The molecule has 13 heteroatoms. The maximum Gasteiger partial charge on any atom is 0.145 e. The first-order chi connectivity index (χ1) is 60.5. The third kappa shape index (κ3) is 13.0. The summed E-state index contributed by atoms with van der Waals surface area (Å²) < 4.78 is 14.6. The molecule has 25 aromatic rings. The van der Waals surface area contributed by atoms with Crippen LogP contribution in [0.15, 0.2) is 416 Å². The van der Waals surface area contributed by atoms with Crippen LogP contribution in [0, 0.1) is 0 Å². The van der Waals surface area contributed by atoms with E-state index in [0.717, 1.165) is 67.4 Å². The van der Waals surface area contributed by atoms with E-state index in [2.05, 4.69) is 384 Å². The first kappa shape index (κ1) is 73.3. The molecular weight excluding hydrogens is 1560 g/mol. The molecule has 122 heavy (non-hydrogen) atoms. The lowest BCUT2D eigenvalue weighted by Crippen LogP contribution is -1.99. The minimum atomic E-state index is 0.848. The van der Waals surface area contributed by atoms with Gasteiger partial charge in [-0.15, -0.1) is 45.3 Å². The van der Waals surface area contributed by atoms with E-state index in [0.29, 0.717) is 0 Å². The molecule has 0 radical (unpaired) electrons. The summed E-state index contributed by atoms with van der Waals surface area (Å²) in [5, 5.41) is 26.6. The average Bonchev–Trinajstić information content (AvgIpc) is 1.58. The fourth-order valence-electron chi connectivity index (χ4n) is 17.6. The largest absolute Gasteiger partial charge is 0.309 e. The lowest BCUT2D eigenvalue weighted by atomic mass is 10.0. The van der Waals surface area contributed by atoms with Crippen LogP contribution in [0.2, 0.25) is 0 Å². The van der Waals surface area contributed by atoms with Crippen LogP contribution in [0.5, 0.6) is 0 Å². The smallest absolute Gasteiger partial charge is 0.145 e. The number of benzene rings is 13. The summed E-state index contributed by atoms with van der Waals surface area (Å²) in [6.45, 7) is 3.68. The van der Waals surface area contributed by atoms with Gasteiger partial charge in [-0.1, -0.05) is 243 Å². The average molecular weight is 1640 g/mol. The predicted octanol–water partition coefficient (Wildman–Crippen LogP) is 30.6. The van der Waals surface area contributed by atoms with Crippen molar-refractivity contribution in [2.24, 2.45) is 4.99 Å². The fraction of sp³-hybridized carbons (Fsp3) is 0. The molecule has 12 aromatic heterocycles. The maximum atomic E-state index is 5.06. The summed E-state index contributed by atoms with van der Waals surface area (Å²) in [5.74, 6) is 2.78. The normalized spacial score (nSPS) is 11.7. The van der Waals surface area contributed by atoms with Crippen molar-refractivity contribution >= 4 is 196 Å². The van der Waals surface area contributed by atoms with E-state index in [4.69, 9.17) is 15.0 Å². The minimum absolute atomic E-state index is 0.848. The molecule has 12 heterocycles. The van der Waals surface area contributed by atoms with Crippen molar-refractivity contribution in [2.45, 2.75) is 0 Å². The van der Waals surface area contributed by atoms with Crippen molar-refractivity contribution in [3.8, 4) is 67.6 Å². The number of nitrogens with zero attached hydrogens (tertiary/aromatic N) is 9. The van der Waals surface area contributed by atoms with Crippen LogP contribution in [0.4, 0.5) is 0 Å². The zero-order chi connectivity index (χ0) is 81.0. The molecule has 0 fully saturated rings. The second kappa shape index (κ2) is 31.7. The fourth-order valence-corrected chi connectivity index (χ4v) is 21.4. The summed E-state index contributed by atoms with van der Waals surface area (Å²) >= 11 is 7.22. The Kier molecular flexibility index (Phi) is 19.0. The highest BCUT2D eigenvalue weighted by Gasteiger charge is 2.23. The summed E-state index contributed by atoms with van der Waals surface area (Å²) in [5.41, 5.74) is 20.9. The van der Waals surface area contributed by atoms with Gasteiger partial charge in [-0.3, -0.25) is 23.7 Å². The highest BCUT2D eigenvalue weighted by molar-refractivity contribution is 7.19. The van der Waals surface area contributed by atoms with E-state index in [1.165, 1.54) is 144 Å². The molecule has 0 unspecified atom stereocenters. The number of allylic oxidation sites excluding steroid dienone is 1. The van der Waals surface area contributed by atoms with E-state index in [1.807, 2.05) is 65.5 Å². The molecule has 0 amide bonds. The second-order valence-electron chi connectivity index (χ2n) is 29.9. The Morgan fingerprint density at radius 2 is 0.713 bits per heavy atom. The molecular formula is C109H71N9S4. The SMILES string of the molecule is C=CC=N/C=C/c1cc(-c2ccccc2)cc(-n2c3ccccc3c3c4sccc4ccc32)n1.c1ccc(-c2ccc(-n3c4ccccc4c4c5sccc5ccc43)cc2)cc1.c1ccc(-c2cnc(-n3c4ccccc4c4c5sccc5ccc43)c3ccccc23)cc1.c1cncc(-c2ccnc(-n3c4ccccc4c4c5sccc5ccc43)c2)c1. The van der Waals surface area contributed by atoms with E-state index in [1.54, 1.807) is 47.4 Å².